The number of aldehydes is 1. The molecule has 2 rings (SSSR count). The number of carbonyl (C=O) groups excluding carboxylic acids is 2. The Hall–Kier alpha value is -2.42. The fraction of sp³-hybridized carbons (Fsp3) is 0.125. The summed E-state index contributed by atoms with van der Waals surface area (Å²) in [6, 6.07) is 17.8. The lowest BCUT2D eigenvalue weighted by atomic mass is 10.0. The van der Waals surface area contributed by atoms with Crippen molar-refractivity contribution in [2.45, 2.75) is 13.0 Å². The molecule has 0 heterocycles. The maximum absolute atomic E-state index is 10.9. The van der Waals surface area contributed by atoms with Crippen LogP contribution in [0.3, 0.4) is 0 Å². The molecular weight excluding hydrogens is 240 g/mol. The quantitative estimate of drug-likeness (QED) is 0.468. The SMILES string of the molecule is O=CC(=O)OCc1ccccc1Cc1ccccc1. The van der Waals surface area contributed by atoms with Crippen molar-refractivity contribution in [3.63, 3.8) is 0 Å². The number of esters is 1. The topological polar surface area (TPSA) is 43.4 Å². The zero-order valence-corrected chi connectivity index (χ0v) is 10.4. The third-order valence-corrected chi connectivity index (χ3v) is 2.82. The van der Waals surface area contributed by atoms with Gasteiger partial charge in [0.15, 0.2) is 0 Å². The molecule has 0 aromatic heterocycles. The highest BCUT2D eigenvalue weighted by atomic mass is 16.5. The fourth-order valence-corrected chi connectivity index (χ4v) is 1.87. The van der Waals surface area contributed by atoms with Gasteiger partial charge in [0.05, 0.1) is 0 Å². The maximum atomic E-state index is 10.9. The number of carbonyl (C=O) groups is 2. The van der Waals surface area contributed by atoms with Crippen molar-refractivity contribution in [2.75, 3.05) is 0 Å². The summed E-state index contributed by atoms with van der Waals surface area (Å²) in [4.78, 5) is 21.1. The molecule has 0 radical (unpaired) electrons. The molecule has 0 unspecified atom stereocenters. The van der Waals surface area contributed by atoms with Gasteiger partial charge in [0, 0.05) is 0 Å². The monoisotopic (exact) mass is 254 g/mol. The number of rotatable bonds is 5. The summed E-state index contributed by atoms with van der Waals surface area (Å²) in [5, 5.41) is 0. The first-order valence-corrected chi connectivity index (χ1v) is 6.02. The van der Waals surface area contributed by atoms with Gasteiger partial charge >= 0.3 is 5.97 Å². The van der Waals surface area contributed by atoms with Crippen LogP contribution < -0.4 is 0 Å². The van der Waals surface area contributed by atoms with Crippen LogP contribution in [-0.2, 0) is 27.4 Å². The summed E-state index contributed by atoms with van der Waals surface area (Å²) in [6.45, 7) is 0.126. The van der Waals surface area contributed by atoms with Crippen LogP contribution in [0.4, 0.5) is 0 Å². The molecule has 0 fully saturated rings. The van der Waals surface area contributed by atoms with E-state index < -0.39 is 5.97 Å². The molecule has 0 aliphatic carbocycles. The summed E-state index contributed by atoms with van der Waals surface area (Å²) in [7, 11) is 0. The number of hydrogen-bond donors (Lipinski definition) is 0. The molecule has 3 nitrogen and oxygen atoms in total. The molecule has 0 aliphatic rings. The first-order valence-electron chi connectivity index (χ1n) is 6.02. The number of benzene rings is 2. The van der Waals surface area contributed by atoms with Crippen molar-refractivity contribution in [1.29, 1.82) is 0 Å². The van der Waals surface area contributed by atoms with E-state index >= 15 is 0 Å². The standard InChI is InChI=1S/C16H14O3/c17-11-16(18)19-12-15-9-5-4-8-14(15)10-13-6-2-1-3-7-13/h1-9,11H,10,12H2. The number of ether oxygens (including phenoxy) is 1. The third kappa shape index (κ3) is 3.78. The summed E-state index contributed by atoms with van der Waals surface area (Å²) >= 11 is 0. The van der Waals surface area contributed by atoms with Gasteiger partial charge in [-0.3, -0.25) is 4.79 Å². The van der Waals surface area contributed by atoms with Crippen LogP contribution in [0.2, 0.25) is 0 Å². The van der Waals surface area contributed by atoms with E-state index in [1.807, 2.05) is 54.6 Å². The summed E-state index contributed by atoms with van der Waals surface area (Å²) in [5.41, 5.74) is 3.20. The average Bonchev–Trinajstić information content (AvgIpc) is 2.47. The molecule has 0 spiro atoms. The molecule has 2 aromatic carbocycles. The van der Waals surface area contributed by atoms with Gasteiger partial charge in [0.25, 0.3) is 0 Å². The smallest absolute Gasteiger partial charge is 0.371 e. The lowest BCUT2D eigenvalue weighted by Crippen LogP contribution is -2.06. The van der Waals surface area contributed by atoms with E-state index in [9.17, 15) is 9.59 Å². The molecular formula is C16H14O3. The second kappa shape index (κ2) is 6.50. The van der Waals surface area contributed by atoms with Gasteiger partial charge in [0.2, 0.25) is 6.29 Å². The van der Waals surface area contributed by atoms with Gasteiger partial charge in [0.1, 0.15) is 6.61 Å². The van der Waals surface area contributed by atoms with Crippen molar-refractivity contribution >= 4 is 12.3 Å². The second-order valence-corrected chi connectivity index (χ2v) is 4.16. The molecule has 3 heteroatoms. The Kier molecular flexibility index (Phi) is 4.45. The molecule has 2 aromatic rings. The van der Waals surface area contributed by atoms with Gasteiger partial charge in [-0.25, -0.2) is 4.79 Å². The predicted molar refractivity (Wildman–Crippen MR) is 71.6 cm³/mol. The van der Waals surface area contributed by atoms with Crippen molar-refractivity contribution < 1.29 is 14.3 Å². The van der Waals surface area contributed by atoms with Crippen molar-refractivity contribution in [3.05, 3.63) is 71.3 Å². The first kappa shape index (κ1) is 13.0. The highest BCUT2D eigenvalue weighted by Crippen LogP contribution is 2.15. The molecule has 19 heavy (non-hydrogen) atoms. The Labute approximate surface area is 111 Å². The minimum atomic E-state index is -0.838. The van der Waals surface area contributed by atoms with Gasteiger partial charge in [-0.1, -0.05) is 54.6 Å². The normalized spacial score (nSPS) is 9.89. The van der Waals surface area contributed by atoms with E-state index in [1.54, 1.807) is 0 Å². The molecule has 0 amide bonds. The molecule has 0 atom stereocenters. The van der Waals surface area contributed by atoms with E-state index in [1.165, 1.54) is 5.56 Å². The number of hydrogen-bond acceptors (Lipinski definition) is 3. The Bertz CT molecular complexity index is 561. The van der Waals surface area contributed by atoms with E-state index in [-0.39, 0.29) is 12.9 Å². The Balaban J connectivity index is 2.12. The first-order chi connectivity index (χ1) is 9.29. The zero-order valence-electron chi connectivity index (χ0n) is 10.4. The lowest BCUT2D eigenvalue weighted by Gasteiger charge is -2.09. The van der Waals surface area contributed by atoms with Crippen LogP contribution in [-0.4, -0.2) is 12.3 Å². The Morgan fingerprint density at radius 2 is 1.58 bits per heavy atom. The molecule has 0 bridgehead atoms. The van der Waals surface area contributed by atoms with E-state index in [4.69, 9.17) is 4.74 Å². The van der Waals surface area contributed by atoms with E-state index in [0.29, 0.717) is 0 Å². The fourth-order valence-electron chi connectivity index (χ4n) is 1.87. The van der Waals surface area contributed by atoms with Gasteiger partial charge in [-0.15, -0.1) is 0 Å². The van der Waals surface area contributed by atoms with Crippen LogP contribution in [0.25, 0.3) is 0 Å². The minimum absolute atomic E-state index is 0.126. The van der Waals surface area contributed by atoms with Crippen molar-refractivity contribution in [3.8, 4) is 0 Å². The van der Waals surface area contributed by atoms with Crippen LogP contribution in [0.5, 0.6) is 0 Å². The molecule has 0 N–H and O–H groups in total. The third-order valence-electron chi connectivity index (χ3n) is 2.82. The second-order valence-electron chi connectivity index (χ2n) is 4.16. The average molecular weight is 254 g/mol. The van der Waals surface area contributed by atoms with Gasteiger partial charge < -0.3 is 4.74 Å². The van der Waals surface area contributed by atoms with Crippen LogP contribution in [0.1, 0.15) is 16.7 Å². The summed E-state index contributed by atoms with van der Waals surface area (Å²) in [5.74, 6) is -0.838. The summed E-state index contributed by atoms with van der Waals surface area (Å²) in [6.07, 6.45) is 0.954. The highest BCUT2D eigenvalue weighted by Gasteiger charge is 2.06. The van der Waals surface area contributed by atoms with Crippen LogP contribution in [0.15, 0.2) is 54.6 Å². The maximum Gasteiger partial charge on any atom is 0.371 e. The Morgan fingerprint density at radius 1 is 0.947 bits per heavy atom. The van der Waals surface area contributed by atoms with Crippen LogP contribution >= 0.6 is 0 Å². The molecule has 0 saturated carbocycles. The molecule has 0 saturated heterocycles. The lowest BCUT2D eigenvalue weighted by molar-refractivity contribution is -0.149. The Morgan fingerprint density at radius 3 is 2.26 bits per heavy atom. The van der Waals surface area contributed by atoms with E-state index in [0.717, 1.165) is 17.5 Å². The van der Waals surface area contributed by atoms with Crippen molar-refractivity contribution in [2.24, 2.45) is 0 Å². The largest absolute Gasteiger partial charge is 0.455 e. The molecule has 96 valence electrons. The van der Waals surface area contributed by atoms with Gasteiger partial charge in [-0.05, 0) is 23.1 Å². The van der Waals surface area contributed by atoms with Gasteiger partial charge in [-0.2, -0.15) is 0 Å². The minimum Gasteiger partial charge on any atom is -0.455 e. The highest BCUT2D eigenvalue weighted by molar-refractivity contribution is 6.20. The molecule has 0 aliphatic heterocycles. The predicted octanol–water partition coefficient (Wildman–Crippen LogP) is 2.52. The zero-order chi connectivity index (χ0) is 13.5. The van der Waals surface area contributed by atoms with Crippen molar-refractivity contribution in [1.82, 2.24) is 0 Å². The van der Waals surface area contributed by atoms with E-state index in [2.05, 4.69) is 0 Å². The summed E-state index contributed by atoms with van der Waals surface area (Å²) < 4.78 is 4.85. The van der Waals surface area contributed by atoms with Crippen LogP contribution in [0, 0.1) is 0 Å².